The standard InChI is InChI=1S/C18H23N3O4S2/c1-14(22)20-16-2-4-17(5-3-16)27(23,24)19-12-18(15-6-9-25-13-15)21-7-10-26-11-8-21/h2-6,9,13,18-19H,7-8,10-12H2,1H3,(H,20,22)/t18-/m1/s1. The summed E-state index contributed by atoms with van der Waals surface area (Å²) in [5, 5.41) is 2.62. The lowest BCUT2D eigenvalue weighted by Gasteiger charge is -2.33. The molecule has 1 aliphatic rings. The second-order valence-electron chi connectivity index (χ2n) is 6.28. The van der Waals surface area contributed by atoms with Crippen molar-refractivity contribution in [1.82, 2.24) is 9.62 Å². The Kier molecular flexibility index (Phi) is 6.59. The lowest BCUT2D eigenvalue weighted by Crippen LogP contribution is -2.41. The van der Waals surface area contributed by atoms with E-state index in [1.165, 1.54) is 19.1 Å². The SMILES string of the molecule is CC(=O)Nc1ccc(S(=O)(=O)NC[C@H](c2ccoc2)N2CCSCC2)cc1. The van der Waals surface area contributed by atoms with Crippen LogP contribution >= 0.6 is 11.8 Å². The van der Waals surface area contributed by atoms with Crippen LogP contribution in [0.15, 0.2) is 52.2 Å². The van der Waals surface area contributed by atoms with E-state index in [1.807, 2.05) is 17.8 Å². The molecule has 0 spiro atoms. The summed E-state index contributed by atoms with van der Waals surface area (Å²) >= 11 is 1.91. The second-order valence-corrected chi connectivity index (χ2v) is 9.27. The van der Waals surface area contributed by atoms with Crippen molar-refractivity contribution in [2.75, 3.05) is 36.5 Å². The van der Waals surface area contributed by atoms with Gasteiger partial charge in [0.1, 0.15) is 0 Å². The van der Waals surface area contributed by atoms with Gasteiger partial charge in [0.2, 0.25) is 15.9 Å². The van der Waals surface area contributed by atoms with Crippen molar-refractivity contribution in [3.05, 3.63) is 48.4 Å². The fourth-order valence-corrected chi connectivity index (χ4v) is 4.97. The van der Waals surface area contributed by atoms with E-state index in [2.05, 4.69) is 14.9 Å². The van der Waals surface area contributed by atoms with Crippen LogP contribution in [0.1, 0.15) is 18.5 Å². The highest BCUT2D eigenvalue weighted by Crippen LogP contribution is 2.25. The first-order valence-electron chi connectivity index (χ1n) is 8.67. The van der Waals surface area contributed by atoms with Crippen LogP contribution in [0.2, 0.25) is 0 Å². The number of sulfonamides is 1. The smallest absolute Gasteiger partial charge is 0.240 e. The van der Waals surface area contributed by atoms with Crippen LogP contribution in [-0.2, 0) is 14.8 Å². The zero-order valence-corrected chi connectivity index (χ0v) is 16.7. The molecule has 9 heteroatoms. The summed E-state index contributed by atoms with van der Waals surface area (Å²) in [6.07, 6.45) is 3.28. The van der Waals surface area contributed by atoms with E-state index in [4.69, 9.17) is 4.42 Å². The molecule has 1 aliphatic heterocycles. The molecule has 0 bridgehead atoms. The van der Waals surface area contributed by atoms with Gasteiger partial charge in [0.05, 0.1) is 23.5 Å². The number of nitrogens with zero attached hydrogens (tertiary/aromatic N) is 1. The van der Waals surface area contributed by atoms with Crippen molar-refractivity contribution >= 4 is 33.4 Å². The van der Waals surface area contributed by atoms with Crippen molar-refractivity contribution in [1.29, 1.82) is 0 Å². The summed E-state index contributed by atoms with van der Waals surface area (Å²) in [5.41, 5.74) is 1.52. The van der Waals surface area contributed by atoms with Gasteiger partial charge >= 0.3 is 0 Å². The third kappa shape index (κ3) is 5.35. The molecule has 0 radical (unpaired) electrons. The number of rotatable bonds is 7. The molecule has 0 saturated carbocycles. The first-order chi connectivity index (χ1) is 13.0. The molecule has 2 heterocycles. The zero-order chi connectivity index (χ0) is 19.3. The maximum absolute atomic E-state index is 12.7. The molecular formula is C18H23N3O4S2. The molecule has 2 aromatic rings. The minimum absolute atomic E-state index is 0.0712. The number of amides is 1. The molecular weight excluding hydrogens is 386 g/mol. The Morgan fingerprint density at radius 2 is 1.93 bits per heavy atom. The van der Waals surface area contributed by atoms with Crippen LogP contribution < -0.4 is 10.0 Å². The first kappa shape index (κ1) is 19.9. The van der Waals surface area contributed by atoms with Gasteiger partial charge in [-0.15, -0.1) is 0 Å². The normalized spacial score (nSPS) is 16.8. The van der Waals surface area contributed by atoms with E-state index in [0.29, 0.717) is 5.69 Å². The Hall–Kier alpha value is -1.81. The summed E-state index contributed by atoms with van der Waals surface area (Å²) in [6, 6.07) is 7.92. The summed E-state index contributed by atoms with van der Waals surface area (Å²) in [6.45, 7) is 3.49. The Balaban J connectivity index is 1.70. The molecule has 0 unspecified atom stereocenters. The van der Waals surface area contributed by atoms with E-state index >= 15 is 0 Å². The van der Waals surface area contributed by atoms with E-state index in [9.17, 15) is 13.2 Å². The summed E-state index contributed by atoms with van der Waals surface area (Å²) in [5.74, 6) is 1.86. The van der Waals surface area contributed by atoms with Crippen molar-refractivity contribution < 1.29 is 17.6 Å². The predicted octanol–water partition coefficient (Wildman–Crippen LogP) is 2.31. The highest BCUT2D eigenvalue weighted by molar-refractivity contribution is 7.99. The monoisotopic (exact) mass is 409 g/mol. The van der Waals surface area contributed by atoms with Gasteiger partial charge in [-0.3, -0.25) is 9.69 Å². The van der Waals surface area contributed by atoms with Crippen molar-refractivity contribution in [3.8, 4) is 0 Å². The number of furan rings is 1. The van der Waals surface area contributed by atoms with Gasteiger partial charge in [-0.25, -0.2) is 13.1 Å². The summed E-state index contributed by atoms with van der Waals surface area (Å²) < 4.78 is 33.3. The summed E-state index contributed by atoms with van der Waals surface area (Å²) in [7, 11) is -3.66. The molecule has 1 saturated heterocycles. The van der Waals surface area contributed by atoms with E-state index in [-0.39, 0.29) is 23.4 Å². The maximum atomic E-state index is 12.7. The molecule has 3 rings (SSSR count). The molecule has 1 atom stereocenters. The Morgan fingerprint density at radius 1 is 1.22 bits per heavy atom. The zero-order valence-electron chi connectivity index (χ0n) is 15.1. The minimum atomic E-state index is -3.66. The highest BCUT2D eigenvalue weighted by atomic mass is 32.2. The average Bonchev–Trinajstić information content (AvgIpc) is 3.17. The number of carbonyl (C=O) groups is 1. The average molecular weight is 410 g/mol. The van der Waals surface area contributed by atoms with E-state index in [1.54, 1.807) is 24.7 Å². The number of benzene rings is 1. The quantitative estimate of drug-likeness (QED) is 0.729. The topological polar surface area (TPSA) is 91.6 Å². The van der Waals surface area contributed by atoms with Crippen molar-refractivity contribution in [2.45, 2.75) is 17.9 Å². The molecule has 1 aromatic heterocycles. The predicted molar refractivity (Wildman–Crippen MR) is 106 cm³/mol. The lowest BCUT2D eigenvalue weighted by atomic mass is 10.1. The molecule has 0 aliphatic carbocycles. The van der Waals surface area contributed by atoms with E-state index in [0.717, 1.165) is 30.2 Å². The van der Waals surface area contributed by atoms with E-state index < -0.39 is 10.0 Å². The number of nitrogens with one attached hydrogen (secondary N) is 2. The largest absolute Gasteiger partial charge is 0.472 e. The Morgan fingerprint density at radius 3 is 2.52 bits per heavy atom. The van der Waals surface area contributed by atoms with Crippen molar-refractivity contribution in [3.63, 3.8) is 0 Å². The number of thioether (sulfide) groups is 1. The molecule has 2 N–H and O–H groups in total. The minimum Gasteiger partial charge on any atom is -0.472 e. The Bertz CT molecular complexity index is 845. The highest BCUT2D eigenvalue weighted by Gasteiger charge is 2.25. The van der Waals surface area contributed by atoms with Crippen LogP contribution in [-0.4, -0.2) is 50.4 Å². The number of carbonyl (C=O) groups excluding carboxylic acids is 1. The molecule has 27 heavy (non-hydrogen) atoms. The van der Waals surface area contributed by atoms with Crippen LogP contribution in [0.5, 0.6) is 0 Å². The van der Waals surface area contributed by atoms with Gasteiger partial charge in [0.25, 0.3) is 0 Å². The number of hydrogen-bond donors (Lipinski definition) is 2. The molecule has 1 fully saturated rings. The fraction of sp³-hybridized carbons (Fsp3) is 0.389. The Labute approximate surface area is 163 Å². The third-order valence-corrected chi connectivity index (χ3v) is 6.75. The maximum Gasteiger partial charge on any atom is 0.240 e. The fourth-order valence-electron chi connectivity index (χ4n) is 3.00. The summed E-state index contributed by atoms with van der Waals surface area (Å²) in [4.78, 5) is 13.5. The van der Waals surface area contributed by atoms with Gasteiger partial charge in [0, 0.05) is 49.3 Å². The van der Waals surface area contributed by atoms with Crippen LogP contribution in [0, 0.1) is 0 Å². The molecule has 146 valence electrons. The third-order valence-electron chi connectivity index (χ3n) is 4.37. The van der Waals surface area contributed by atoms with Crippen LogP contribution in [0.3, 0.4) is 0 Å². The van der Waals surface area contributed by atoms with Gasteiger partial charge in [-0.2, -0.15) is 11.8 Å². The molecule has 7 nitrogen and oxygen atoms in total. The van der Waals surface area contributed by atoms with Crippen LogP contribution in [0.4, 0.5) is 5.69 Å². The van der Waals surface area contributed by atoms with Gasteiger partial charge < -0.3 is 9.73 Å². The van der Waals surface area contributed by atoms with Crippen LogP contribution in [0.25, 0.3) is 0 Å². The van der Waals surface area contributed by atoms with Gasteiger partial charge in [-0.05, 0) is 30.3 Å². The molecule has 1 amide bonds. The number of hydrogen-bond acceptors (Lipinski definition) is 6. The molecule has 1 aromatic carbocycles. The first-order valence-corrected chi connectivity index (χ1v) is 11.3. The second kappa shape index (κ2) is 8.92. The lowest BCUT2D eigenvalue weighted by molar-refractivity contribution is -0.114. The number of anilines is 1. The van der Waals surface area contributed by atoms with Gasteiger partial charge in [-0.1, -0.05) is 0 Å². The van der Waals surface area contributed by atoms with Gasteiger partial charge in [0.15, 0.2) is 0 Å². The van der Waals surface area contributed by atoms with Crippen molar-refractivity contribution in [2.24, 2.45) is 0 Å².